The molecule has 0 saturated carbocycles. The molecular formula is C24H29N3O2. The Morgan fingerprint density at radius 2 is 1.90 bits per heavy atom. The number of ether oxygens (including phenoxy) is 2. The van der Waals surface area contributed by atoms with Gasteiger partial charge in [-0.15, -0.1) is 0 Å². The molecule has 2 aromatic carbocycles. The summed E-state index contributed by atoms with van der Waals surface area (Å²) in [6.45, 7) is 5.82. The Hall–Kier alpha value is -2.63. The molecule has 0 amide bonds. The quantitative estimate of drug-likeness (QED) is 0.628. The summed E-state index contributed by atoms with van der Waals surface area (Å²) in [5, 5.41) is 4.65. The van der Waals surface area contributed by atoms with Crippen molar-refractivity contribution < 1.29 is 9.47 Å². The van der Waals surface area contributed by atoms with Crippen molar-refractivity contribution >= 4 is 22.3 Å². The number of likely N-dealkylation sites (tertiary alicyclic amines) is 1. The molecule has 0 bridgehead atoms. The van der Waals surface area contributed by atoms with E-state index < -0.39 is 0 Å². The molecule has 2 heterocycles. The van der Waals surface area contributed by atoms with Gasteiger partial charge in [-0.2, -0.15) is 0 Å². The summed E-state index contributed by atoms with van der Waals surface area (Å²) in [6, 6.07) is 18.4. The number of methoxy groups -OCH3 is 1. The molecule has 29 heavy (non-hydrogen) atoms. The summed E-state index contributed by atoms with van der Waals surface area (Å²) in [6.07, 6.45) is 2.63. The van der Waals surface area contributed by atoms with Crippen LogP contribution in [0.4, 0.5) is 11.4 Å². The Labute approximate surface area is 172 Å². The summed E-state index contributed by atoms with van der Waals surface area (Å²) < 4.78 is 11.5. The first-order valence-corrected chi connectivity index (χ1v) is 10.3. The molecule has 1 aliphatic heterocycles. The number of aryl methyl sites for hydroxylation is 1. The topological polar surface area (TPSA) is 46.6 Å². The number of hydrogen-bond acceptors (Lipinski definition) is 5. The van der Waals surface area contributed by atoms with Crippen LogP contribution in [0.1, 0.15) is 18.5 Å². The molecule has 5 nitrogen and oxygen atoms in total. The number of pyridine rings is 1. The summed E-state index contributed by atoms with van der Waals surface area (Å²) in [7, 11) is 1.81. The Bertz CT molecular complexity index is 952. The lowest BCUT2D eigenvalue weighted by molar-refractivity contribution is 0.0375. The average molecular weight is 392 g/mol. The van der Waals surface area contributed by atoms with E-state index in [9.17, 15) is 0 Å². The zero-order chi connectivity index (χ0) is 20.1. The lowest BCUT2D eigenvalue weighted by Gasteiger charge is -2.30. The largest absolute Gasteiger partial charge is 0.492 e. The van der Waals surface area contributed by atoms with Crippen molar-refractivity contribution in [3.8, 4) is 5.75 Å². The predicted octanol–water partition coefficient (Wildman–Crippen LogP) is 4.78. The molecule has 3 aromatic rings. The smallest absolute Gasteiger partial charge is 0.121 e. The van der Waals surface area contributed by atoms with Crippen molar-refractivity contribution in [3.63, 3.8) is 0 Å². The van der Waals surface area contributed by atoms with Crippen LogP contribution in [0.15, 0.2) is 54.6 Å². The van der Waals surface area contributed by atoms with Crippen LogP contribution in [0.25, 0.3) is 10.9 Å². The van der Waals surface area contributed by atoms with Gasteiger partial charge in [0, 0.05) is 55.3 Å². The minimum atomic E-state index is 0.419. The summed E-state index contributed by atoms with van der Waals surface area (Å²) in [5.74, 6) is 0.886. The van der Waals surface area contributed by atoms with E-state index in [2.05, 4.69) is 39.5 Å². The van der Waals surface area contributed by atoms with Crippen LogP contribution >= 0.6 is 0 Å². The van der Waals surface area contributed by atoms with Crippen molar-refractivity contribution in [2.45, 2.75) is 25.9 Å². The lowest BCUT2D eigenvalue weighted by atomic mass is 10.1. The highest BCUT2D eigenvalue weighted by Crippen LogP contribution is 2.28. The number of rotatable bonds is 7. The Kier molecular flexibility index (Phi) is 6.27. The maximum atomic E-state index is 6.03. The first kappa shape index (κ1) is 19.7. The predicted molar refractivity (Wildman–Crippen MR) is 118 cm³/mol. The van der Waals surface area contributed by atoms with E-state index in [0.29, 0.717) is 12.7 Å². The maximum Gasteiger partial charge on any atom is 0.121 e. The molecule has 4 rings (SSSR count). The highest BCUT2D eigenvalue weighted by atomic mass is 16.5. The number of benzene rings is 2. The number of nitrogens with one attached hydrogen (secondary N) is 1. The van der Waals surface area contributed by atoms with E-state index in [4.69, 9.17) is 9.47 Å². The molecule has 0 radical (unpaired) electrons. The number of para-hydroxylation sites is 1. The number of fused-ring (bicyclic) bond motifs is 1. The summed E-state index contributed by atoms with van der Waals surface area (Å²) >= 11 is 0. The van der Waals surface area contributed by atoms with Crippen molar-refractivity contribution in [1.29, 1.82) is 0 Å². The third-order valence-corrected chi connectivity index (χ3v) is 5.50. The Balaban J connectivity index is 1.37. The molecule has 0 atom stereocenters. The first-order valence-electron chi connectivity index (χ1n) is 10.3. The van der Waals surface area contributed by atoms with Crippen molar-refractivity contribution in [3.05, 3.63) is 60.3 Å². The fourth-order valence-electron chi connectivity index (χ4n) is 3.89. The molecule has 152 valence electrons. The van der Waals surface area contributed by atoms with E-state index in [1.54, 1.807) is 7.11 Å². The van der Waals surface area contributed by atoms with Gasteiger partial charge in [-0.3, -0.25) is 9.88 Å². The van der Waals surface area contributed by atoms with Gasteiger partial charge in [0.15, 0.2) is 0 Å². The van der Waals surface area contributed by atoms with Crippen LogP contribution in [0, 0.1) is 6.92 Å². The van der Waals surface area contributed by atoms with Gasteiger partial charge in [-0.05, 0) is 44.0 Å². The molecule has 0 spiro atoms. The number of nitrogens with zero attached hydrogens (tertiary/aromatic N) is 2. The second kappa shape index (κ2) is 9.25. The Morgan fingerprint density at radius 1 is 1.07 bits per heavy atom. The van der Waals surface area contributed by atoms with E-state index in [-0.39, 0.29) is 0 Å². The summed E-state index contributed by atoms with van der Waals surface area (Å²) in [5.41, 5.74) is 4.07. The van der Waals surface area contributed by atoms with E-state index in [0.717, 1.165) is 66.2 Å². The molecule has 5 heteroatoms. The van der Waals surface area contributed by atoms with Crippen LogP contribution in [-0.2, 0) is 4.74 Å². The third-order valence-electron chi connectivity index (χ3n) is 5.50. The second-order valence-corrected chi connectivity index (χ2v) is 7.61. The fraction of sp³-hybridized carbons (Fsp3) is 0.375. The first-order chi connectivity index (χ1) is 14.2. The van der Waals surface area contributed by atoms with Gasteiger partial charge in [0.2, 0.25) is 0 Å². The Morgan fingerprint density at radius 3 is 2.72 bits per heavy atom. The van der Waals surface area contributed by atoms with Crippen LogP contribution in [0.2, 0.25) is 0 Å². The highest BCUT2D eigenvalue weighted by Gasteiger charge is 2.18. The third kappa shape index (κ3) is 5.05. The van der Waals surface area contributed by atoms with Gasteiger partial charge >= 0.3 is 0 Å². The number of hydrogen-bond donors (Lipinski definition) is 1. The molecule has 0 aliphatic carbocycles. The highest BCUT2D eigenvalue weighted by molar-refractivity contribution is 5.93. The van der Waals surface area contributed by atoms with Gasteiger partial charge < -0.3 is 14.8 Å². The number of piperidine rings is 1. The summed E-state index contributed by atoms with van der Waals surface area (Å²) in [4.78, 5) is 7.06. The van der Waals surface area contributed by atoms with Gasteiger partial charge in [-0.25, -0.2) is 0 Å². The monoisotopic (exact) mass is 391 g/mol. The number of aromatic nitrogens is 1. The minimum Gasteiger partial charge on any atom is -0.492 e. The van der Waals surface area contributed by atoms with Crippen LogP contribution in [-0.4, -0.2) is 49.3 Å². The molecule has 1 N–H and O–H groups in total. The fourth-order valence-corrected chi connectivity index (χ4v) is 3.89. The van der Waals surface area contributed by atoms with Gasteiger partial charge in [0.25, 0.3) is 0 Å². The SMILES string of the molecule is COC1CCN(CCOc2cccc(Nc3cc(C)nc4ccccc34)c2)CC1. The van der Waals surface area contributed by atoms with Gasteiger partial charge in [0.1, 0.15) is 12.4 Å². The van der Waals surface area contributed by atoms with Crippen molar-refractivity contribution in [2.24, 2.45) is 0 Å². The van der Waals surface area contributed by atoms with Crippen LogP contribution in [0.3, 0.4) is 0 Å². The van der Waals surface area contributed by atoms with Gasteiger partial charge in [0.05, 0.1) is 11.6 Å². The standard InChI is InChI=1S/C24H29N3O2/c1-18-16-24(22-8-3-4-9-23(22)25-18)26-19-6-5-7-21(17-19)29-15-14-27-12-10-20(28-2)11-13-27/h3-9,16-17,20H,10-15H2,1-2H3,(H,25,26). The van der Waals surface area contributed by atoms with Crippen LogP contribution < -0.4 is 10.1 Å². The molecule has 1 fully saturated rings. The molecule has 1 aliphatic rings. The molecule has 0 unspecified atom stereocenters. The maximum absolute atomic E-state index is 6.03. The molecular weight excluding hydrogens is 362 g/mol. The minimum absolute atomic E-state index is 0.419. The van der Waals surface area contributed by atoms with Crippen molar-refractivity contribution in [2.75, 3.05) is 38.7 Å². The number of anilines is 2. The van der Waals surface area contributed by atoms with E-state index >= 15 is 0 Å². The molecule has 1 aromatic heterocycles. The zero-order valence-electron chi connectivity index (χ0n) is 17.2. The second-order valence-electron chi connectivity index (χ2n) is 7.61. The zero-order valence-corrected chi connectivity index (χ0v) is 17.2. The van der Waals surface area contributed by atoms with Crippen LogP contribution in [0.5, 0.6) is 5.75 Å². The molecule has 1 saturated heterocycles. The van der Waals surface area contributed by atoms with Gasteiger partial charge in [-0.1, -0.05) is 24.3 Å². The van der Waals surface area contributed by atoms with E-state index in [1.165, 1.54) is 0 Å². The lowest BCUT2D eigenvalue weighted by Crippen LogP contribution is -2.38. The average Bonchev–Trinajstić information content (AvgIpc) is 2.74. The van der Waals surface area contributed by atoms with Crippen molar-refractivity contribution in [1.82, 2.24) is 9.88 Å². The van der Waals surface area contributed by atoms with E-state index in [1.807, 2.05) is 37.3 Å². The normalized spacial score (nSPS) is 15.5.